The second kappa shape index (κ2) is 8.80. The molecular formula is C21H21FN4O3S2. The molecule has 0 bridgehead atoms. The van der Waals surface area contributed by atoms with Gasteiger partial charge in [-0.15, -0.1) is 10.2 Å². The summed E-state index contributed by atoms with van der Waals surface area (Å²) in [6.45, 7) is 0. The largest absolute Gasteiger partial charge is 0.341 e. The monoisotopic (exact) mass is 460 g/mol. The van der Waals surface area contributed by atoms with E-state index in [1.54, 1.807) is 29.8 Å². The number of amides is 1. The van der Waals surface area contributed by atoms with Crippen molar-refractivity contribution in [2.45, 2.75) is 17.6 Å². The highest BCUT2D eigenvalue weighted by molar-refractivity contribution is 7.99. The van der Waals surface area contributed by atoms with E-state index in [1.165, 1.54) is 22.7 Å². The predicted molar refractivity (Wildman–Crippen MR) is 117 cm³/mol. The molecule has 10 heteroatoms. The van der Waals surface area contributed by atoms with E-state index in [4.69, 9.17) is 0 Å². The van der Waals surface area contributed by atoms with Crippen molar-refractivity contribution < 1.29 is 17.6 Å². The summed E-state index contributed by atoms with van der Waals surface area (Å²) in [5, 5.41) is 8.84. The van der Waals surface area contributed by atoms with Gasteiger partial charge in [-0.2, -0.15) is 0 Å². The van der Waals surface area contributed by atoms with Crippen LogP contribution in [-0.2, 0) is 14.6 Å². The molecule has 0 aliphatic carbocycles. The fourth-order valence-corrected chi connectivity index (χ4v) is 6.15. The lowest BCUT2D eigenvalue weighted by Crippen LogP contribution is -2.38. The number of carbonyl (C=O) groups excluding carboxylic acids is 1. The number of nitrogens with zero attached hydrogens (tertiary/aromatic N) is 4. The average Bonchev–Trinajstić information content (AvgIpc) is 3.35. The summed E-state index contributed by atoms with van der Waals surface area (Å²) in [6.07, 6.45) is 0.451. The molecule has 1 atom stereocenters. The molecule has 7 nitrogen and oxygen atoms in total. The van der Waals surface area contributed by atoms with Gasteiger partial charge < -0.3 is 4.90 Å². The van der Waals surface area contributed by atoms with Crippen LogP contribution in [0, 0.1) is 5.82 Å². The highest BCUT2D eigenvalue weighted by Gasteiger charge is 2.32. The van der Waals surface area contributed by atoms with Gasteiger partial charge in [-0.05, 0) is 30.7 Å². The van der Waals surface area contributed by atoms with Gasteiger partial charge in [-0.25, -0.2) is 12.8 Å². The third-order valence-electron chi connectivity index (χ3n) is 5.24. The topological polar surface area (TPSA) is 85.2 Å². The fourth-order valence-electron chi connectivity index (χ4n) is 3.50. The zero-order valence-electron chi connectivity index (χ0n) is 16.8. The van der Waals surface area contributed by atoms with Gasteiger partial charge in [-0.3, -0.25) is 9.36 Å². The summed E-state index contributed by atoms with van der Waals surface area (Å²) in [6, 6.07) is 15.3. The summed E-state index contributed by atoms with van der Waals surface area (Å²) in [5.41, 5.74) is 1.06. The molecular weight excluding hydrogens is 439 g/mol. The number of para-hydroxylation sites is 1. The Balaban J connectivity index is 1.59. The smallest absolute Gasteiger partial charge is 0.233 e. The third-order valence-corrected chi connectivity index (χ3v) is 7.90. The average molecular weight is 461 g/mol. The van der Waals surface area contributed by atoms with Crippen LogP contribution in [0.5, 0.6) is 0 Å². The van der Waals surface area contributed by atoms with Crippen molar-refractivity contribution in [1.29, 1.82) is 0 Å². The summed E-state index contributed by atoms with van der Waals surface area (Å²) < 4.78 is 39.6. The minimum absolute atomic E-state index is 0.00244. The Bertz CT molecular complexity index is 1200. The highest BCUT2D eigenvalue weighted by atomic mass is 32.2. The van der Waals surface area contributed by atoms with Gasteiger partial charge in [0.1, 0.15) is 5.82 Å². The summed E-state index contributed by atoms with van der Waals surface area (Å²) in [7, 11) is -1.45. The minimum atomic E-state index is -3.08. The SMILES string of the molecule is CN(C(=O)CSc1nnc(-c2ccccc2F)n1-c1ccccc1)[C@@H]1CCS(=O)(=O)C1. The van der Waals surface area contributed by atoms with Crippen molar-refractivity contribution in [3.8, 4) is 17.1 Å². The number of sulfone groups is 1. The lowest BCUT2D eigenvalue weighted by atomic mass is 10.2. The van der Waals surface area contributed by atoms with E-state index in [9.17, 15) is 17.6 Å². The van der Waals surface area contributed by atoms with Crippen molar-refractivity contribution in [1.82, 2.24) is 19.7 Å². The molecule has 1 aliphatic rings. The molecule has 0 spiro atoms. The van der Waals surface area contributed by atoms with E-state index >= 15 is 0 Å². The normalized spacial score (nSPS) is 17.5. The first-order valence-corrected chi connectivity index (χ1v) is 12.5. The summed E-state index contributed by atoms with van der Waals surface area (Å²) in [4.78, 5) is 14.2. The van der Waals surface area contributed by atoms with Gasteiger partial charge in [0.2, 0.25) is 5.91 Å². The number of carbonyl (C=O) groups is 1. The second-order valence-corrected chi connectivity index (χ2v) is 10.5. The molecule has 1 fully saturated rings. The Morgan fingerprint density at radius 1 is 1.16 bits per heavy atom. The maximum absolute atomic E-state index is 14.4. The van der Waals surface area contributed by atoms with Crippen LogP contribution in [0.25, 0.3) is 17.1 Å². The number of benzene rings is 2. The van der Waals surface area contributed by atoms with Gasteiger partial charge in [0, 0.05) is 18.8 Å². The van der Waals surface area contributed by atoms with Crippen molar-refractivity contribution in [2.75, 3.05) is 24.3 Å². The van der Waals surface area contributed by atoms with E-state index < -0.39 is 15.7 Å². The first-order valence-electron chi connectivity index (χ1n) is 9.70. The maximum atomic E-state index is 14.4. The molecule has 1 saturated heterocycles. The van der Waals surface area contributed by atoms with Crippen LogP contribution in [0.3, 0.4) is 0 Å². The maximum Gasteiger partial charge on any atom is 0.233 e. The zero-order chi connectivity index (χ0) is 22.0. The van der Waals surface area contributed by atoms with Crippen molar-refractivity contribution in [3.05, 3.63) is 60.4 Å². The van der Waals surface area contributed by atoms with Crippen molar-refractivity contribution in [3.63, 3.8) is 0 Å². The molecule has 162 valence electrons. The number of aromatic nitrogens is 3. The van der Waals surface area contributed by atoms with Crippen LogP contribution < -0.4 is 0 Å². The Morgan fingerprint density at radius 2 is 1.87 bits per heavy atom. The standard InChI is InChI=1S/C21H21FN4O3S2/c1-25(16-11-12-31(28,29)14-16)19(27)13-30-21-24-23-20(17-9-5-6-10-18(17)22)26(21)15-7-3-2-4-8-15/h2-10,16H,11-14H2,1H3/t16-/m1/s1. The van der Waals surface area contributed by atoms with E-state index in [0.717, 1.165) is 5.69 Å². The van der Waals surface area contributed by atoms with E-state index in [1.807, 2.05) is 30.3 Å². The van der Waals surface area contributed by atoms with Crippen molar-refractivity contribution in [2.24, 2.45) is 0 Å². The molecule has 0 N–H and O–H groups in total. The molecule has 3 aromatic rings. The van der Waals surface area contributed by atoms with E-state index in [-0.39, 0.29) is 29.2 Å². The molecule has 0 radical (unpaired) electrons. The molecule has 0 saturated carbocycles. The quantitative estimate of drug-likeness (QED) is 0.526. The fraction of sp³-hybridized carbons (Fsp3) is 0.286. The van der Waals surface area contributed by atoms with Crippen LogP contribution in [0.4, 0.5) is 4.39 Å². The van der Waals surface area contributed by atoms with Crippen molar-refractivity contribution >= 4 is 27.5 Å². The van der Waals surface area contributed by atoms with Gasteiger partial charge in [0.25, 0.3) is 0 Å². The molecule has 1 amide bonds. The van der Waals surface area contributed by atoms with Crippen LogP contribution in [0.15, 0.2) is 59.8 Å². The molecule has 2 heterocycles. The van der Waals surface area contributed by atoms with Crippen LogP contribution in [0.1, 0.15) is 6.42 Å². The number of rotatable bonds is 6. The van der Waals surface area contributed by atoms with E-state index in [2.05, 4.69) is 10.2 Å². The highest BCUT2D eigenvalue weighted by Crippen LogP contribution is 2.29. The molecule has 2 aromatic carbocycles. The van der Waals surface area contributed by atoms with E-state index in [0.29, 0.717) is 23.0 Å². The number of hydrogen-bond acceptors (Lipinski definition) is 6. The minimum Gasteiger partial charge on any atom is -0.341 e. The predicted octanol–water partition coefficient (Wildman–Crippen LogP) is 2.81. The van der Waals surface area contributed by atoms with Gasteiger partial charge in [-0.1, -0.05) is 42.1 Å². The van der Waals surface area contributed by atoms with Gasteiger partial charge >= 0.3 is 0 Å². The molecule has 31 heavy (non-hydrogen) atoms. The Labute approximate surface area is 184 Å². The Hall–Kier alpha value is -2.72. The summed E-state index contributed by atoms with van der Waals surface area (Å²) in [5.74, 6) is -0.0950. The molecule has 1 aliphatic heterocycles. The third kappa shape index (κ3) is 4.64. The molecule has 1 aromatic heterocycles. The lowest BCUT2D eigenvalue weighted by Gasteiger charge is -2.23. The first kappa shape index (κ1) is 21.5. The lowest BCUT2D eigenvalue weighted by molar-refractivity contribution is -0.128. The number of thioether (sulfide) groups is 1. The van der Waals surface area contributed by atoms with Gasteiger partial charge in [0.05, 0.1) is 22.8 Å². The number of hydrogen-bond donors (Lipinski definition) is 0. The Morgan fingerprint density at radius 3 is 2.55 bits per heavy atom. The molecule has 4 rings (SSSR count). The second-order valence-electron chi connectivity index (χ2n) is 7.31. The van der Waals surface area contributed by atoms with Crippen LogP contribution >= 0.6 is 11.8 Å². The first-order chi connectivity index (χ1) is 14.9. The Kier molecular flexibility index (Phi) is 6.10. The van der Waals surface area contributed by atoms with Crippen LogP contribution in [-0.4, -0.2) is 64.3 Å². The molecule has 0 unspecified atom stereocenters. The zero-order valence-corrected chi connectivity index (χ0v) is 18.4. The van der Waals surface area contributed by atoms with Gasteiger partial charge in [0.15, 0.2) is 20.8 Å². The summed E-state index contributed by atoms with van der Waals surface area (Å²) >= 11 is 1.18. The van der Waals surface area contributed by atoms with Crippen LogP contribution in [0.2, 0.25) is 0 Å². The number of halogens is 1.